The van der Waals surface area contributed by atoms with Crippen molar-refractivity contribution in [2.45, 2.75) is 0 Å². The van der Waals surface area contributed by atoms with Crippen molar-refractivity contribution in [2.75, 3.05) is 4.90 Å². The van der Waals surface area contributed by atoms with Crippen molar-refractivity contribution in [3.8, 4) is 56.2 Å². The molecular weight excluding hydrogens is 683 g/mol. The molecule has 0 bridgehead atoms. The van der Waals surface area contributed by atoms with Crippen molar-refractivity contribution in [1.29, 1.82) is 0 Å². The Bertz CT molecular complexity index is 2870. The molecule has 10 rings (SSSR count). The number of hydrogen-bond acceptors (Lipinski definition) is 4. The lowest BCUT2D eigenvalue weighted by atomic mass is 9.94. The van der Waals surface area contributed by atoms with Crippen LogP contribution in [-0.2, 0) is 0 Å². The number of fused-ring (bicyclic) bond motifs is 3. The predicted molar refractivity (Wildman–Crippen MR) is 231 cm³/mol. The number of rotatable bonds is 8. The summed E-state index contributed by atoms with van der Waals surface area (Å²) in [6.07, 6.45) is 0. The first-order valence-electron chi connectivity index (χ1n) is 18.8. The Labute approximate surface area is 325 Å². The van der Waals surface area contributed by atoms with E-state index in [4.69, 9.17) is 14.4 Å². The molecule has 2 aromatic heterocycles. The number of aromatic nitrogens is 2. The van der Waals surface area contributed by atoms with Gasteiger partial charge in [-0.15, -0.1) is 0 Å². The van der Waals surface area contributed by atoms with Crippen molar-refractivity contribution < 1.29 is 4.42 Å². The summed E-state index contributed by atoms with van der Waals surface area (Å²) in [6.45, 7) is 0. The number of para-hydroxylation sites is 2. The van der Waals surface area contributed by atoms with Gasteiger partial charge in [0.2, 0.25) is 0 Å². The zero-order valence-corrected chi connectivity index (χ0v) is 30.5. The van der Waals surface area contributed by atoms with Crippen molar-refractivity contribution in [3.05, 3.63) is 212 Å². The van der Waals surface area contributed by atoms with Crippen LogP contribution in [0.1, 0.15) is 0 Å². The van der Waals surface area contributed by atoms with Crippen molar-refractivity contribution >= 4 is 39.0 Å². The molecule has 2 heterocycles. The fraction of sp³-hybridized carbons (Fsp3) is 0. The lowest BCUT2D eigenvalue weighted by Gasteiger charge is -2.28. The van der Waals surface area contributed by atoms with Crippen LogP contribution in [0.4, 0.5) is 17.1 Å². The van der Waals surface area contributed by atoms with Crippen molar-refractivity contribution in [1.82, 2.24) is 9.97 Å². The van der Waals surface area contributed by atoms with Crippen LogP contribution in [0.25, 0.3) is 78.1 Å². The third kappa shape index (κ3) is 6.19. The van der Waals surface area contributed by atoms with E-state index in [1.165, 1.54) is 11.1 Å². The van der Waals surface area contributed by atoms with Gasteiger partial charge < -0.3 is 9.32 Å². The Morgan fingerprint density at radius 2 is 0.839 bits per heavy atom. The predicted octanol–water partition coefficient (Wildman–Crippen LogP) is 14.2. The van der Waals surface area contributed by atoms with Gasteiger partial charge in [0, 0.05) is 44.4 Å². The topological polar surface area (TPSA) is 42.2 Å². The average molecular weight is 718 g/mol. The average Bonchev–Trinajstić information content (AvgIpc) is 3.67. The highest BCUT2D eigenvalue weighted by Crippen LogP contribution is 2.47. The summed E-state index contributed by atoms with van der Waals surface area (Å²) in [7, 11) is 0. The van der Waals surface area contributed by atoms with Gasteiger partial charge in [-0.25, -0.2) is 9.97 Å². The van der Waals surface area contributed by atoms with E-state index in [9.17, 15) is 0 Å². The highest BCUT2D eigenvalue weighted by Gasteiger charge is 2.23. The quantitative estimate of drug-likeness (QED) is 0.157. The highest BCUT2D eigenvalue weighted by atomic mass is 16.3. The molecule has 0 saturated heterocycles. The van der Waals surface area contributed by atoms with Gasteiger partial charge in [-0.3, -0.25) is 0 Å². The summed E-state index contributed by atoms with van der Waals surface area (Å²) < 4.78 is 6.49. The number of furan rings is 1. The van der Waals surface area contributed by atoms with Crippen LogP contribution >= 0.6 is 0 Å². The van der Waals surface area contributed by atoms with E-state index < -0.39 is 0 Å². The maximum Gasteiger partial charge on any atom is 0.160 e. The second-order valence-electron chi connectivity index (χ2n) is 13.8. The first kappa shape index (κ1) is 33.0. The Hall–Kier alpha value is -7.56. The summed E-state index contributed by atoms with van der Waals surface area (Å²) in [6, 6.07) is 73.9. The molecule has 0 aliphatic heterocycles. The van der Waals surface area contributed by atoms with Gasteiger partial charge in [-0.2, -0.15) is 0 Å². The molecule has 0 aliphatic rings. The zero-order valence-electron chi connectivity index (χ0n) is 30.5. The first-order chi connectivity index (χ1) is 27.8. The maximum absolute atomic E-state index is 6.49. The minimum Gasteiger partial charge on any atom is -0.456 e. The maximum atomic E-state index is 6.49. The number of hydrogen-bond donors (Lipinski definition) is 0. The number of anilines is 3. The van der Waals surface area contributed by atoms with Crippen LogP contribution in [0.3, 0.4) is 0 Å². The molecule has 8 aromatic carbocycles. The lowest BCUT2D eigenvalue weighted by molar-refractivity contribution is 0.669. The molecule has 0 aliphatic carbocycles. The van der Waals surface area contributed by atoms with Gasteiger partial charge in [-0.1, -0.05) is 164 Å². The Morgan fingerprint density at radius 1 is 0.357 bits per heavy atom. The van der Waals surface area contributed by atoms with E-state index in [1.807, 2.05) is 48.5 Å². The lowest BCUT2D eigenvalue weighted by Crippen LogP contribution is -2.11. The van der Waals surface area contributed by atoms with Gasteiger partial charge in [-0.05, 0) is 65.2 Å². The molecule has 0 saturated carbocycles. The summed E-state index contributed by atoms with van der Waals surface area (Å²) in [5.41, 5.74) is 14.2. The standard InChI is InChI=1S/C52H35N3O/c1-5-15-36(16-6-1)37-29-31-43(32-30-37)55(42-21-11-4-12-22-42)47-33-34-49-51(44-23-13-14-24-48(44)56-49)50(47)40-27-25-39(26-28-40)46-35-45(38-17-7-2-8-18-38)53-52(54-46)41-19-9-3-10-20-41/h1-35H. The first-order valence-corrected chi connectivity index (χ1v) is 18.8. The Morgan fingerprint density at radius 3 is 1.50 bits per heavy atom. The minimum atomic E-state index is 0.694. The molecule has 0 atom stereocenters. The van der Waals surface area contributed by atoms with Crippen LogP contribution in [0.15, 0.2) is 217 Å². The van der Waals surface area contributed by atoms with E-state index in [2.05, 4.69) is 169 Å². The van der Waals surface area contributed by atoms with Gasteiger partial charge in [0.25, 0.3) is 0 Å². The molecule has 4 heteroatoms. The normalized spacial score (nSPS) is 11.2. The second-order valence-corrected chi connectivity index (χ2v) is 13.8. The molecule has 264 valence electrons. The Kier molecular flexibility index (Phi) is 8.47. The molecular formula is C52H35N3O. The molecule has 56 heavy (non-hydrogen) atoms. The Balaban J connectivity index is 1.15. The molecule has 0 fully saturated rings. The highest BCUT2D eigenvalue weighted by molar-refractivity contribution is 6.16. The van der Waals surface area contributed by atoms with Gasteiger partial charge in [0.15, 0.2) is 5.82 Å². The van der Waals surface area contributed by atoms with Gasteiger partial charge in [0.1, 0.15) is 11.2 Å². The smallest absolute Gasteiger partial charge is 0.160 e. The molecule has 0 N–H and O–H groups in total. The zero-order chi connectivity index (χ0) is 37.3. The number of nitrogens with zero attached hydrogens (tertiary/aromatic N) is 3. The minimum absolute atomic E-state index is 0.694. The van der Waals surface area contributed by atoms with Crippen LogP contribution in [0, 0.1) is 0 Å². The second kappa shape index (κ2) is 14.3. The number of benzene rings is 8. The van der Waals surface area contributed by atoms with Crippen LogP contribution in [-0.4, -0.2) is 9.97 Å². The van der Waals surface area contributed by atoms with Gasteiger partial charge in [0.05, 0.1) is 17.1 Å². The molecule has 0 spiro atoms. The monoisotopic (exact) mass is 717 g/mol. The fourth-order valence-electron chi connectivity index (χ4n) is 7.60. The molecule has 10 aromatic rings. The van der Waals surface area contributed by atoms with Crippen LogP contribution in [0.2, 0.25) is 0 Å². The van der Waals surface area contributed by atoms with Gasteiger partial charge >= 0.3 is 0 Å². The van der Waals surface area contributed by atoms with Crippen LogP contribution in [0.5, 0.6) is 0 Å². The third-order valence-corrected chi connectivity index (χ3v) is 10.3. The van der Waals surface area contributed by atoms with E-state index in [-0.39, 0.29) is 0 Å². The SMILES string of the molecule is c1ccc(-c2ccc(N(c3ccccc3)c3ccc4oc5ccccc5c4c3-c3ccc(-c4cc(-c5ccccc5)nc(-c5ccccc5)n4)cc3)cc2)cc1. The molecule has 0 radical (unpaired) electrons. The largest absolute Gasteiger partial charge is 0.456 e. The molecule has 0 unspecified atom stereocenters. The summed E-state index contributed by atoms with van der Waals surface area (Å²) >= 11 is 0. The van der Waals surface area contributed by atoms with E-state index >= 15 is 0 Å². The summed E-state index contributed by atoms with van der Waals surface area (Å²) in [5.74, 6) is 0.694. The van der Waals surface area contributed by atoms with E-state index in [0.29, 0.717) is 5.82 Å². The fourth-order valence-corrected chi connectivity index (χ4v) is 7.60. The summed E-state index contributed by atoms with van der Waals surface area (Å²) in [5, 5.41) is 2.15. The van der Waals surface area contributed by atoms with Crippen LogP contribution < -0.4 is 4.90 Å². The van der Waals surface area contributed by atoms with Crippen molar-refractivity contribution in [2.24, 2.45) is 0 Å². The van der Waals surface area contributed by atoms with Crippen molar-refractivity contribution in [3.63, 3.8) is 0 Å². The van der Waals surface area contributed by atoms with E-state index in [0.717, 1.165) is 78.2 Å². The summed E-state index contributed by atoms with van der Waals surface area (Å²) in [4.78, 5) is 12.5. The molecule has 4 nitrogen and oxygen atoms in total. The van der Waals surface area contributed by atoms with E-state index in [1.54, 1.807) is 0 Å². The third-order valence-electron chi connectivity index (χ3n) is 10.3. The molecule has 0 amide bonds.